The van der Waals surface area contributed by atoms with Crippen LogP contribution < -0.4 is 0 Å². The minimum atomic E-state index is 0.624. The van der Waals surface area contributed by atoms with Crippen LogP contribution in [0.2, 0.25) is 0 Å². The van der Waals surface area contributed by atoms with E-state index in [9.17, 15) is 0 Å². The van der Waals surface area contributed by atoms with Crippen LogP contribution in [0.15, 0.2) is 199 Å². The van der Waals surface area contributed by atoms with Crippen molar-refractivity contribution in [2.45, 2.75) is 0 Å². The fourth-order valence-corrected chi connectivity index (χ4v) is 8.00. The van der Waals surface area contributed by atoms with Crippen LogP contribution in [0.1, 0.15) is 0 Å². The molecule has 11 aromatic rings. The van der Waals surface area contributed by atoms with Crippen molar-refractivity contribution >= 4 is 43.7 Å². The van der Waals surface area contributed by atoms with Gasteiger partial charge in [-0.25, -0.2) is 15.0 Å². The maximum atomic E-state index is 6.41. The summed E-state index contributed by atoms with van der Waals surface area (Å²) in [6.45, 7) is 0. The SMILES string of the molecule is c1ccc(-c2ccc(-c3nc(-c4ccccc4)nc(-c4ccc5c(c4)c4ccccc4n5-c4ccc5oc6cccc(-c7ccccc7)c6c5c4)n3)cc2)cc1. The highest BCUT2D eigenvalue weighted by Gasteiger charge is 2.19. The van der Waals surface area contributed by atoms with Crippen LogP contribution >= 0.6 is 0 Å². The summed E-state index contributed by atoms with van der Waals surface area (Å²) in [6.07, 6.45) is 0. The Labute approximate surface area is 322 Å². The molecule has 5 heteroatoms. The molecule has 0 N–H and O–H groups in total. The zero-order valence-electron chi connectivity index (χ0n) is 30.2. The first-order valence-electron chi connectivity index (χ1n) is 18.8. The van der Waals surface area contributed by atoms with Crippen molar-refractivity contribution in [1.29, 1.82) is 0 Å². The lowest BCUT2D eigenvalue weighted by atomic mass is 9.99. The molecule has 0 saturated heterocycles. The summed E-state index contributed by atoms with van der Waals surface area (Å²) >= 11 is 0. The number of hydrogen-bond acceptors (Lipinski definition) is 4. The molecule has 0 bridgehead atoms. The Bertz CT molecular complexity index is 3220. The Kier molecular flexibility index (Phi) is 7.42. The Morgan fingerprint density at radius 3 is 1.62 bits per heavy atom. The molecular weight excluding hydrogens is 685 g/mol. The van der Waals surface area contributed by atoms with E-state index in [4.69, 9.17) is 19.4 Å². The molecule has 0 fully saturated rings. The Morgan fingerprint density at radius 1 is 0.339 bits per heavy atom. The number of para-hydroxylation sites is 1. The van der Waals surface area contributed by atoms with E-state index in [1.807, 2.05) is 36.4 Å². The van der Waals surface area contributed by atoms with E-state index in [2.05, 4.69) is 162 Å². The van der Waals surface area contributed by atoms with Gasteiger partial charge >= 0.3 is 0 Å². The summed E-state index contributed by atoms with van der Waals surface area (Å²) in [5.41, 5.74) is 12.5. The van der Waals surface area contributed by atoms with Gasteiger partial charge in [-0.1, -0.05) is 146 Å². The van der Waals surface area contributed by atoms with E-state index in [0.717, 1.165) is 82.8 Å². The summed E-state index contributed by atoms with van der Waals surface area (Å²) in [7, 11) is 0. The van der Waals surface area contributed by atoms with Crippen LogP contribution in [0.3, 0.4) is 0 Å². The molecule has 0 aliphatic heterocycles. The van der Waals surface area contributed by atoms with Gasteiger partial charge in [0.15, 0.2) is 17.5 Å². The largest absolute Gasteiger partial charge is 0.456 e. The monoisotopic (exact) mass is 716 g/mol. The third-order valence-electron chi connectivity index (χ3n) is 10.7. The van der Waals surface area contributed by atoms with Crippen LogP contribution in [0.5, 0.6) is 0 Å². The van der Waals surface area contributed by atoms with Gasteiger partial charge in [-0.15, -0.1) is 0 Å². The summed E-state index contributed by atoms with van der Waals surface area (Å²) in [4.78, 5) is 15.2. The smallest absolute Gasteiger partial charge is 0.164 e. The molecule has 0 saturated carbocycles. The maximum absolute atomic E-state index is 6.41. The molecule has 262 valence electrons. The van der Waals surface area contributed by atoms with Gasteiger partial charge < -0.3 is 8.98 Å². The minimum absolute atomic E-state index is 0.624. The molecule has 56 heavy (non-hydrogen) atoms. The molecule has 11 rings (SSSR count). The predicted molar refractivity (Wildman–Crippen MR) is 229 cm³/mol. The first-order chi connectivity index (χ1) is 27.7. The lowest BCUT2D eigenvalue weighted by molar-refractivity contribution is 0.669. The fourth-order valence-electron chi connectivity index (χ4n) is 8.00. The van der Waals surface area contributed by atoms with E-state index in [-0.39, 0.29) is 0 Å². The van der Waals surface area contributed by atoms with Gasteiger partial charge in [0, 0.05) is 43.9 Å². The minimum Gasteiger partial charge on any atom is -0.456 e. The normalized spacial score (nSPS) is 11.6. The van der Waals surface area contributed by atoms with E-state index < -0.39 is 0 Å². The highest BCUT2D eigenvalue weighted by atomic mass is 16.3. The molecule has 0 aliphatic carbocycles. The van der Waals surface area contributed by atoms with Crippen LogP contribution in [0, 0.1) is 0 Å². The van der Waals surface area contributed by atoms with Crippen LogP contribution in [-0.4, -0.2) is 19.5 Å². The molecule has 3 aromatic heterocycles. The molecule has 0 aliphatic rings. The van der Waals surface area contributed by atoms with Gasteiger partial charge in [-0.05, 0) is 70.8 Å². The molecule has 0 radical (unpaired) electrons. The van der Waals surface area contributed by atoms with Crippen molar-refractivity contribution in [3.63, 3.8) is 0 Å². The Hall–Kier alpha value is -7.63. The summed E-state index contributed by atoms with van der Waals surface area (Å²) in [5.74, 6) is 1.89. The topological polar surface area (TPSA) is 56.7 Å². The van der Waals surface area contributed by atoms with Gasteiger partial charge in [0.1, 0.15) is 11.2 Å². The molecule has 3 heterocycles. The van der Waals surface area contributed by atoms with Crippen molar-refractivity contribution in [2.75, 3.05) is 0 Å². The summed E-state index contributed by atoms with van der Waals surface area (Å²) in [5, 5.41) is 4.48. The van der Waals surface area contributed by atoms with Crippen molar-refractivity contribution < 1.29 is 4.42 Å². The second-order valence-electron chi connectivity index (χ2n) is 14.0. The lowest BCUT2D eigenvalue weighted by Gasteiger charge is -2.10. The van der Waals surface area contributed by atoms with E-state index in [1.165, 1.54) is 5.56 Å². The quantitative estimate of drug-likeness (QED) is 0.172. The van der Waals surface area contributed by atoms with Crippen LogP contribution in [-0.2, 0) is 0 Å². The second-order valence-corrected chi connectivity index (χ2v) is 14.0. The first-order valence-corrected chi connectivity index (χ1v) is 18.8. The number of hydrogen-bond donors (Lipinski definition) is 0. The van der Waals surface area contributed by atoms with E-state index in [0.29, 0.717) is 17.5 Å². The predicted octanol–water partition coefficient (Wildman–Crippen LogP) is 13.2. The highest BCUT2D eigenvalue weighted by Crippen LogP contribution is 2.40. The number of benzene rings is 8. The third-order valence-corrected chi connectivity index (χ3v) is 10.7. The van der Waals surface area contributed by atoms with Gasteiger partial charge in [-0.2, -0.15) is 0 Å². The number of furan rings is 1. The average molecular weight is 717 g/mol. The van der Waals surface area contributed by atoms with Crippen molar-refractivity contribution in [2.24, 2.45) is 0 Å². The second kappa shape index (κ2) is 13.0. The molecule has 5 nitrogen and oxygen atoms in total. The molecule has 0 unspecified atom stereocenters. The highest BCUT2D eigenvalue weighted by molar-refractivity contribution is 6.14. The van der Waals surface area contributed by atoms with Gasteiger partial charge in [-0.3, -0.25) is 0 Å². The Balaban J connectivity index is 1.07. The molecule has 0 atom stereocenters. The Morgan fingerprint density at radius 2 is 0.893 bits per heavy atom. The first kappa shape index (κ1) is 31.9. The van der Waals surface area contributed by atoms with Gasteiger partial charge in [0.05, 0.1) is 11.0 Å². The molecule has 0 amide bonds. The zero-order chi connectivity index (χ0) is 37.0. The number of fused-ring (bicyclic) bond motifs is 6. The van der Waals surface area contributed by atoms with Crippen LogP contribution in [0.4, 0.5) is 0 Å². The van der Waals surface area contributed by atoms with E-state index in [1.54, 1.807) is 0 Å². The number of rotatable bonds is 6. The van der Waals surface area contributed by atoms with Crippen LogP contribution in [0.25, 0.3) is 106 Å². The van der Waals surface area contributed by atoms with E-state index >= 15 is 0 Å². The van der Waals surface area contributed by atoms with Crippen molar-refractivity contribution in [1.82, 2.24) is 19.5 Å². The van der Waals surface area contributed by atoms with Crippen molar-refractivity contribution in [3.8, 4) is 62.1 Å². The fraction of sp³-hybridized carbons (Fsp3) is 0. The van der Waals surface area contributed by atoms with Crippen molar-refractivity contribution in [3.05, 3.63) is 194 Å². The van der Waals surface area contributed by atoms with Gasteiger partial charge in [0.2, 0.25) is 0 Å². The maximum Gasteiger partial charge on any atom is 0.164 e. The number of aromatic nitrogens is 4. The molecule has 8 aromatic carbocycles. The molecule has 0 spiro atoms. The summed E-state index contributed by atoms with van der Waals surface area (Å²) in [6, 6.07) is 67.4. The molecular formula is C51H32N4O. The zero-order valence-corrected chi connectivity index (χ0v) is 30.2. The van der Waals surface area contributed by atoms with Gasteiger partial charge in [0.25, 0.3) is 0 Å². The third kappa shape index (κ3) is 5.37. The standard InChI is InChI=1S/C51H32N4O/c1-4-13-33(14-5-1)34-23-25-37(26-24-34)50-52-49(36-17-8-3-9-18-36)53-51(54-50)38-27-29-45-42(31-38)41-19-10-11-21-44(41)55(45)39-28-30-46-43(32-39)48-40(20-12-22-47(48)56-46)35-15-6-2-7-16-35/h1-32H. The average Bonchev–Trinajstić information content (AvgIpc) is 3.82. The lowest BCUT2D eigenvalue weighted by Crippen LogP contribution is -2.00. The summed E-state index contributed by atoms with van der Waals surface area (Å²) < 4.78 is 8.76. The number of nitrogens with zero attached hydrogens (tertiary/aromatic N) is 4.